The van der Waals surface area contributed by atoms with Crippen LogP contribution in [-0.4, -0.2) is 28.5 Å². The topological polar surface area (TPSA) is 106 Å². The molecule has 0 aliphatic carbocycles. The summed E-state index contributed by atoms with van der Waals surface area (Å²) >= 11 is 0. The molecule has 1 amide bonds. The molecule has 0 spiro atoms. The summed E-state index contributed by atoms with van der Waals surface area (Å²) in [7, 11) is 1.29. The van der Waals surface area contributed by atoms with Gasteiger partial charge in [0.1, 0.15) is 17.1 Å². The van der Waals surface area contributed by atoms with Crippen LogP contribution in [0.4, 0.5) is 0 Å². The number of hydrogen-bond donors (Lipinski definition) is 2. The molecule has 0 radical (unpaired) electrons. The van der Waals surface area contributed by atoms with Gasteiger partial charge in [0.2, 0.25) is 0 Å². The molecule has 0 saturated heterocycles. The van der Waals surface area contributed by atoms with E-state index >= 15 is 0 Å². The van der Waals surface area contributed by atoms with E-state index in [-0.39, 0.29) is 18.1 Å². The third-order valence-electron chi connectivity index (χ3n) is 4.15. The molecular formula is C19H19N3O5. The average molecular weight is 369 g/mol. The Hall–Kier alpha value is -3.55. The number of amides is 1. The van der Waals surface area contributed by atoms with Crippen molar-refractivity contribution in [2.45, 2.75) is 20.4 Å². The molecule has 0 unspecified atom stereocenters. The lowest BCUT2D eigenvalue weighted by molar-refractivity contribution is 0.0598. The Kier molecular flexibility index (Phi) is 4.98. The number of methoxy groups -OCH3 is 1. The number of aryl methyl sites for hydroxylation is 2. The van der Waals surface area contributed by atoms with Crippen LogP contribution in [0, 0.1) is 13.8 Å². The van der Waals surface area contributed by atoms with Crippen molar-refractivity contribution < 1.29 is 18.7 Å². The minimum Gasteiger partial charge on any atom is -0.465 e. The third kappa shape index (κ3) is 3.69. The number of imidazole rings is 1. The van der Waals surface area contributed by atoms with Gasteiger partial charge in [-0.2, -0.15) is 0 Å². The lowest BCUT2D eigenvalue weighted by Crippen LogP contribution is -2.22. The van der Waals surface area contributed by atoms with E-state index in [1.807, 2.05) is 6.92 Å². The smallest absolute Gasteiger partial charge is 0.341 e. The number of carbonyl (C=O) groups is 2. The first-order valence-corrected chi connectivity index (χ1v) is 8.24. The number of esters is 1. The summed E-state index contributed by atoms with van der Waals surface area (Å²) in [6.45, 7) is 3.60. The lowest BCUT2D eigenvalue weighted by Gasteiger charge is -2.06. The maximum Gasteiger partial charge on any atom is 0.341 e. The minimum absolute atomic E-state index is 0.134. The normalized spacial score (nSPS) is 10.6. The van der Waals surface area contributed by atoms with Crippen molar-refractivity contribution >= 4 is 11.9 Å². The molecule has 27 heavy (non-hydrogen) atoms. The Morgan fingerprint density at radius 3 is 2.52 bits per heavy atom. The molecule has 0 aliphatic rings. The van der Waals surface area contributed by atoms with Gasteiger partial charge in [0.25, 0.3) is 5.91 Å². The highest BCUT2D eigenvalue weighted by Crippen LogP contribution is 2.16. The lowest BCUT2D eigenvalue weighted by atomic mass is 10.2. The molecule has 0 bridgehead atoms. The molecule has 1 aromatic carbocycles. The van der Waals surface area contributed by atoms with Crippen LogP contribution in [0.1, 0.15) is 37.9 Å². The Bertz CT molecular complexity index is 1040. The monoisotopic (exact) mass is 369 g/mol. The van der Waals surface area contributed by atoms with Crippen molar-refractivity contribution in [3.8, 4) is 5.69 Å². The maximum atomic E-state index is 12.3. The molecule has 8 nitrogen and oxygen atoms in total. The van der Waals surface area contributed by atoms with E-state index in [2.05, 4.69) is 15.0 Å². The van der Waals surface area contributed by atoms with E-state index in [0.717, 1.165) is 5.69 Å². The van der Waals surface area contributed by atoms with Crippen molar-refractivity contribution in [2.75, 3.05) is 7.11 Å². The third-order valence-corrected chi connectivity index (χ3v) is 4.15. The fourth-order valence-corrected chi connectivity index (χ4v) is 2.75. The van der Waals surface area contributed by atoms with Gasteiger partial charge in [-0.3, -0.25) is 9.36 Å². The molecule has 2 N–H and O–H groups in total. The van der Waals surface area contributed by atoms with Crippen LogP contribution in [0.2, 0.25) is 0 Å². The molecule has 8 heteroatoms. The number of hydrogen-bond acceptors (Lipinski definition) is 5. The first-order chi connectivity index (χ1) is 12.9. The second-order valence-corrected chi connectivity index (χ2v) is 5.97. The van der Waals surface area contributed by atoms with E-state index in [0.29, 0.717) is 28.3 Å². The van der Waals surface area contributed by atoms with E-state index in [1.54, 1.807) is 43.5 Å². The number of aromatic nitrogens is 2. The Labute approximate surface area is 154 Å². The SMILES string of the molecule is COC(=O)c1cc(CNC(=O)c2ccc(-n3c(C)c[nH]c3=O)cc2)oc1C. The quantitative estimate of drug-likeness (QED) is 0.670. The van der Waals surface area contributed by atoms with Crippen LogP contribution in [-0.2, 0) is 11.3 Å². The summed E-state index contributed by atoms with van der Waals surface area (Å²) in [6, 6.07) is 8.21. The molecule has 0 atom stereocenters. The number of furan rings is 1. The zero-order valence-corrected chi connectivity index (χ0v) is 15.2. The standard InChI is InChI=1S/C19H19N3O5/c1-11-9-21-19(25)22(11)14-6-4-13(5-7-14)17(23)20-10-15-8-16(12(2)27-15)18(24)26-3/h4-9H,10H2,1-3H3,(H,20,23)(H,21,25). The molecule has 2 aromatic heterocycles. The fraction of sp³-hybridized carbons (Fsp3) is 0.211. The minimum atomic E-state index is -0.486. The molecular weight excluding hydrogens is 350 g/mol. The average Bonchev–Trinajstić information content (AvgIpc) is 3.21. The Morgan fingerprint density at radius 1 is 1.22 bits per heavy atom. The maximum absolute atomic E-state index is 12.3. The van der Waals surface area contributed by atoms with Gasteiger partial charge >= 0.3 is 11.7 Å². The second-order valence-electron chi connectivity index (χ2n) is 5.97. The Morgan fingerprint density at radius 2 is 1.93 bits per heavy atom. The molecule has 0 saturated carbocycles. The van der Waals surface area contributed by atoms with Crippen LogP contribution in [0.5, 0.6) is 0 Å². The van der Waals surface area contributed by atoms with E-state index < -0.39 is 5.97 Å². The number of nitrogens with zero attached hydrogens (tertiary/aromatic N) is 1. The highest BCUT2D eigenvalue weighted by Gasteiger charge is 2.16. The van der Waals surface area contributed by atoms with Gasteiger partial charge in [0.05, 0.1) is 19.3 Å². The van der Waals surface area contributed by atoms with Crippen molar-refractivity contribution in [2.24, 2.45) is 0 Å². The molecule has 0 aliphatic heterocycles. The predicted octanol–water partition coefficient (Wildman–Crippen LogP) is 2.09. The van der Waals surface area contributed by atoms with Gasteiger partial charge < -0.3 is 19.5 Å². The van der Waals surface area contributed by atoms with Crippen molar-refractivity contribution in [1.29, 1.82) is 0 Å². The van der Waals surface area contributed by atoms with Crippen LogP contribution in [0.15, 0.2) is 45.7 Å². The van der Waals surface area contributed by atoms with E-state index in [9.17, 15) is 14.4 Å². The first kappa shape index (κ1) is 18.2. The van der Waals surface area contributed by atoms with Gasteiger partial charge in [-0.15, -0.1) is 0 Å². The molecule has 2 heterocycles. The van der Waals surface area contributed by atoms with Gasteiger partial charge in [-0.05, 0) is 44.2 Å². The van der Waals surface area contributed by atoms with E-state index in [1.165, 1.54) is 11.7 Å². The summed E-state index contributed by atoms with van der Waals surface area (Å²) in [5, 5.41) is 2.73. The zero-order valence-electron chi connectivity index (χ0n) is 15.2. The molecule has 3 rings (SSSR count). The molecule has 140 valence electrons. The van der Waals surface area contributed by atoms with Crippen molar-refractivity contribution in [1.82, 2.24) is 14.9 Å². The van der Waals surface area contributed by atoms with Crippen LogP contribution in [0.3, 0.4) is 0 Å². The number of H-pyrrole nitrogens is 1. The highest BCUT2D eigenvalue weighted by atomic mass is 16.5. The summed E-state index contributed by atoms with van der Waals surface area (Å²) < 4.78 is 11.6. The van der Waals surface area contributed by atoms with Crippen LogP contribution in [0.25, 0.3) is 5.69 Å². The van der Waals surface area contributed by atoms with Gasteiger partial charge in [0.15, 0.2) is 0 Å². The number of carbonyl (C=O) groups excluding carboxylic acids is 2. The Balaban J connectivity index is 1.68. The highest BCUT2D eigenvalue weighted by molar-refractivity contribution is 5.94. The summed E-state index contributed by atoms with van der Waals surface area (Å²) in [5.74, 6) is 0.100. The van der Waals surface area contributed by atoms with Crippen LogP contribution < -0.4 is 11.0 Å². The largest absolute Gasteiger partial charge is 0.465 e. The summed E-state index contributed by atoms with van der Waals surface area (Å²) in [6.07, 6.45) is 1.62. The van der Waals surface area contributed by atoms with Crippen LogP contribution >= 0.6 is 0 Å². The zero-order chi connectivity index (χ0) is 19.6. The van der Waals surface area contributed by atoms with Crippen molar-refractivity contribution in [3.63, 3.8) is 0 Å². The van der Waals surface area contributed by atoms with Gasteiger partial charge in [-0.1, -0.05) is 0 Å². The first-order valence-electron chi connectivity index (χ1n) is 8.24. The number of benzene rings is 1. The van der Waals surface area contributed by atoms with Gasteiger partial charge in [-0.25, -0.2) is 9.59 Å². The molecule has 3 aromatic rings. The number of aromatic amines is 1. The van der Waals surface area contributed by atoms with E-state index in [4.69, 9.17) is 4.42 Å². The summed E-state index contributed by atoms with van der Waals surface area (Å²) in [4.78, 5) is 38.3. The second kappa shape index (κ2) is 7.36. The number of ether oxygens (including phenoxy) is 1. The number of rotatable bonds is 5. The predicted molar refractivity (Wildman–Crippen MR) is 97.1 cm³/mol. The number of nitrogens with one attached hydrogen (secondary N) is 2. The fourth-order valence-electron chi connectivity index (χ4n) is 2.75. The molecule has 0 fully saturated rings. The van der Waals surface area contributed by atoms with Gasteiger partial charge in [0, 0.05) is 17.5 Å². The van der Waals surface area contributed by atoms with Crippen molar-refractivity contribution in [3.05, 3.63) is 75.4 Å². The summed E-state index contributed by atoms with van der Waals surface area (Å²) in [5.41, 5.74) is 1.97.